The minimum absolute atomic E-state index is 0.362. The third-order valence-corrected chi connectivity index (χ3v) is 3.84. The van der Waals surface area contributed by atoms with Gasteiger partial charge in [0, 0.05) is 11.6 Å². The summed E-state index contributed by atoms with van der Waals surface area (Å²) in [6.07, 6.45) is 0. The number of rotatable bonds is 6. The number of aromatic nitrogens is 1. The number of pyridine rings is 1. The highest BCUT2D eigenvalue weighted by atomic mass is 16.5. The van der Waals surface area contributed by atoms with Gasteiger partial charge in [-0.2, -0.15) is 0 Å². The van der Waals surface area contributed by atoms with Gasteiger partial charge in [-0.25, -0.2) is 9.78 Å². The predicted octanol–water partition coefficient (Wildman–Crippen LogP) is 4.12. The van der Waals surface area contributed by atoms with Gasteiger partial charge in [-0.1, -0.05) is 30.3 Å². The molecule has 0 spiro atoms. The van der Waals surface area contributed by atoms with E-state index in [-0.39, 0.29) is 0 Å². The number of ether oxygens (including phenoxy) is 3. The molecule has 0 radical (unpaired) electrons. The topological polar surface area (TPSA) is 57.7 Å². The van der Waals surface area contributed by atoms with E-state index in [0.29, 0.717) is 23.7 Å². The molecule has 0 unspecified atom stereocenters. The van der Waals surface area contributed by atoms with Gasteiger partial charge in [0.05, 0.1) is 25.5 Å². The minimum Gasteiger partial charge on any atom is -0.497 e. The van der Waals surface area contributed by atoms with Crippen molar-refractivity contribution >= 4 is 5.97 Å². The molecule has 0 saturated heterocycles. The summed E-state index contributed by atoms with van der Waals surface area (Å²) in [5, 5.41) is 0. The molecule has 0 fully saturated rings. The fourth-order valence-corrected chi connectivity index (χ4v) is 2.46. The van der Waals surface area contributed by atoms with Gasteiger partial charge in [0.2, 0.25) is 5.88 Å². The van der Waals surface area contributed by atoms with Crippen molar-refractivity contribution in [3.05, 3.63) is 77.9 Å². The average molecular weight is 349 g/mol. The summed E-state index contributed by atoms with van der Waals surface area (Å²) in [5.41, 5.74) is 2.87. The van der Waals surface area contributed by atoms with Crippen LogP contribution >= 0.6 is 0 Å². The van der Waals surface area contributed by atoms with Crippen LogP contribution in [-0.2, 0) is 11.3 Å². The monoisotopic (exact) mass is 349 g/mol. The van der Waals surface area contributed by atoms with Crippen LogP contribution in [0, 0.1) is 0 Å². The summed E-state index contributed by atoms with van der Waals surface area (Å²) in [4.78, 5) is 16.5. The van der Waals surface area contributed by atoms with E-state index in [9.17, 15) is 4.79 Å². The molecular formula is C21H19NO4. The van der Waals surface area contributed by atoms with Crippen LogP contribution in [0.5, 0.6) is 11.6 Å². The standard InChI is InChI=1S/C21H19NO4/c1-24-18-10-8-16(9-11-18)19-12-17(21(23)25-2)13-20(22-19)26-14-15-6-4-3-5-7-15/h3-13H,14H2,1-2H3. The summed E-state index contributed by atoms with van der Waals surface area (Å²) >= 11 is 0. The van der Waals surface area contributed by atoms with Crippen molar-refractivity contribution in [1.29, 1.82) is 0 Å². The highest BCUT2D eigenvalue weighted by molar-refractivity contribution is 5.91. The molecule has 132 valence electrons. The van der Waals surface area contributed by atoms with Crippen LogP contribution < -0.4 is 9.47 Å². The van der Waals surface area contributed by atoms with Gasteiger partial charge < -0.3 is 14.2 Å². The number of carbonyl (C=O) groups is 1. The zero-order chi connectivity index (χ0) is 18.4. The third-order valence-electron chi connectivity index (χ3n) is 3.84. The lowest BCUT2D eigenvalue weighted by Gasteiger charge is -2.10. The summed E-state index contributed by atoms with van der Waals surface area (Å²) in [6, 6.07) is 20.5. The summed E-state index contributed by atoms with van der Waals surface area (Å²) in [6.45, 7) is 0.362. The van der Waals surface area contributed by atoms with Crippen LogP contribution in [0.25, 0.3) is 11.3 Å². The smallest absolute Gasteiger partial charge is 0.338 e. The van der Waals surface area contributed by atoms with Crippen molar-refractivity contribution < 1.29 is 19.0 Å². The van der Waals surface area contributed by atoms with E-state index in [2.05, 4.69) is 4.98 Å². The lowest BCUT2D eigenvalue weighted by molar-refractivity contribution is 0.0600. The molecule has 1 heterocycles. The van der Waals surface area contributed by atoms with Gasteiger partial charge >= 0.3 is 5.97 Å². The number of nitrogens with zero attached hydrogens (tertiary/aromatic N) is 1. The Morgan fingerprint density at radius 1 is 0.962 bits per heavy atom. The maximum absolute atomic E-state index is 12.0. The molecular weight excluding hydrogens is 330 g/mol. The van der Waals surface area contributed by atoms with Crippen LogP contribution in [0.15, 0.2) is 66.7 Å². The van der Waals surface area contributed by atoms with Crippen molar-refractivity contribution in [1.82, 2.24) is 4.98 Å². The van der Waals surface area contributed by atoms with Crippen LogP contribution in [-0.4, -0.2) is 25.2 Å². The SMILES string of the molecule is COC(=O)c1cc(OCc2ccccc2)nc(-c2ccc(OC)cc2)c1. The van der Waals surface area contributed by atoms with Crippen LogP contribution in [0.4, 0.5) is 0 Å². The first-order valence-corrected chi connectivity index (χ1v) is 8.11. The molecule has 0 amide bonds. The van der Waals surface area contributed by atoms with Gasteiger partial charge in [-0.15, -0.1) is 0 Å². The number of hydrogen-bond donors (Lipinski definition) is 0. The molecule has 0 saturated carbocycles. The molecule has 0 bridgehead atoms. The molecule has 2 aromatic carbocycles. The van der Waals surface area contributed by atoms with Gasteiger partial charge in [-0.3, -0.25) is 0 Å². The Balaban J connectivity index is 1.91. The van der Waals surface area contributed by atoms with Crippen LogP contribution in [0.3, 0.4) is 0 Å². The number of carbonyl (C=O) groups excluding carboxylic acids is 1. The van der Waals surface area contributed by atoms with Crippen LogP contribution in [0.1, 0.15) is 15.9 Å². The highest BCUT2D eigenvalue weighted by Crippen LogP contribution is 2.25. The molecule has 3 rings (SSSR count). The molecule has 0 aliphatic heterocycles. The molecule has 0 atom stereocenters. The largest absolute Gasteiger partial charge is 0.497 e. The van der Waals surface area contributed by atoms with E-state index in [1.54, 1.807) is 19.2 Å². The fourth-order valence-electron chi connectivity index (χ4n) is 2.46. The van der Waals surface area contributed by atoms with E-state index >= 15 is 0 Å². The van der Waals surface area contributed by atoms with Crippen molar-refractivity contribution in [3.63, 3.8) is 0 Å². The number of hydrogen-bond acceptors (Lipinski definition) is 5. The Bertz CT molecular complexity index is 876. The van der Waals surface area contributed by atoms with Gasteiger partial charge in [0.25, 0.3) is 0 Å². The van der Waals surface area contributed by atoms with E-state index in [1.165, 1.54) is 7.11 Å². The first-order valence-electron chi connectivity index (χ1n) is 8.11. The highest BCUT2D eigenvalue weighted by Gasteiger charge is 2.12. The van der Waals surface area contributed by atoms with Gasteiger partial charge in [-0.05, 0) is 35.9 Å². The summed E-state index contributed by atoms with van der Waals surface area (Å²) in [5.74, 6) is 0.674. The number of methoxy groups -OCH3 is 2. The maximum atomic E-state index is 12.0. The Morgan fingerprint density at radius 2 is 1.69 bits per heavy atom. The summed E-state index contributed by atoms with van der Waals surface area (Å²) in [7, 11) is 2.96. The zero-order valence-electron chi connectivity index (χ0n) is 14.6. The second kappa shape index (κ2) is 8.16. The van der Waals surface area contributed by atoms with E-state index < -0.39 is 5.97 Å². The van der Waals surface area contributed by atoms with E-state index in [4.69, 9.17) is 14.2 Å². The fraction of sp³-hybridized carbons (Fsp3) is 0.143. The maximum Gasteiger partial charge on any atom is 0.338 e. The molecule has 3 aromatic rings. The molecule has 5 nitrogen and oxygen atoms in total. The lowest BCUT2D eigenvalue weighted by atomic mass is 10.1. The lowest BCUT2D eigenvalue weighted by Crippen LogP contribution is -2.05. The Kier molecular flexibility index (Phi) is 5.49. The number of benzene rings is 2. The van der Waals surface area contributed by atoms with Gasteiger partial charge in [0.1, 0.15) is 12.4 Å². The van der Waals surface area contributed by atoms with Crippen molar-refractivity contribution in [2.24, 2.45) is 0 Å². The van der Waals surface area contributed by atoms with E-state index in [0.717, 1.165) is 16.9 Å². The van der Waals surface area contributed by atoms with Crippen molar-refractivity contribution in [2.75, 3.05) is 14.2 Å². The number of esters is 1. The van der Waals surface area contributed by atoms with Crippen LogP contribution in [0.2, 0.25) is 0 Å². The second-order valence-electron chi connectivity index (χ2n) is 5.57. The Hall–Kier alpha value is -3.34. The third kappa shape index (κ3) is 4.19. The first-order chi connectivity index (χ1) is 12.7. The molecule has 0 aliphatic rings. The van der Waals surface area contributed by atoms with Crippen molar-refractivity contribution in [2.45, 2.75) is 6.61 Å². The first kappa shape index (κ1) is 17.5. The Morgan fingerprint density at radius 3 is 2.35 bits per heavy atom. The van der Waals surface area contributed by atoms with E-state index in [1.807, 2.05) is 54.6 Å². The van der Waals surface area contributed by atoms with Gasteiger partial charge in [0.15, 0.2) is 0 Å². The molecule has 0 N–H and O–H groups in total. The summed E-state index contributed by atoms with van der Waals surface area (Å²) < 4.78 is 15.8. The minimum atomic E-state index is -0.438. The molecule has 5 heteroatoms. The predicted molar refractivity (Wildman–Crippen MR) is 98.3 cm³/mol. The normalized spacial score (nSPS) is 10.2. The average Bonchev–Trinajstić information content (AvgIpc) is 2.72. The zero-order valence-corrected chi connectivity index (χ0v) is 14.6. The second-order valence-corrected chi connectivity index (χ2v) is 5.57. The molecule has 0 aliphatic carbocycles. The van der Waals surface area contributed by atoms with Crippen molar-refractivity contribution in [3.8, 4) is 22.9 Å². The molecule has 26 heavy (non-hydrogen) atoms. The Labute approximate surface area is 152 Å². The molecule has 1 aromatic heterocycles. The quantitative estimate of drug-likeness (QED) is 0.627.